The largest absolute Gasteiger partial charge is 0.479 e. The van der Waals surface area contributed by atoms with Crippen LogP contribution < -0.4 is 0 Å². The van der Waals surface area contributed by atoms with Gasteiger partial charge in [0.2, 0.25) is 0 Å². The number of hydrogen-bond acceptors (Lipinski definition) is 11. The van der Waals surface area contributed by atoms with Gasteiger partial charge in [-0.05, 0) is 122 Å². The van der Waals surface area contributed by atoms with Crippen molar-refractivity contribution in [3.05, 3.63) is 134 Å². The minimum absolute atomic E-state index is 0.0352. The highest BCUT2D eigenvalue weighted by molar-refractivity contribution is 5.74. The third kappa shape index (κ3) is 45.1. The second-order valence-corrected chi connectivity index (χ2v) is 20.6. The molecule has 3 N–H and O–H groups in total. The first-order chi connectivity index (χ1) is 39.6. The summed E-state index contributed by atoms with van der Waals surface area (Å²) in [6, 6.07) is 0. The van der Waals surface area contributed by atoms with E-state index in [1.807, 2.05) is 12.2 Å². The van der Waals surface area contributed by atoms with Crippen molar-refractivity contribution in [3.8, 4) is 0 Å². The van der Waals surface area contributed by atoms with E-state index in [0.717, 1.165) is 148 Å². The zero-order valence-corrected chi connectivity index (χ0v) is 50.2. The van der Waals surface area contributed by atoms with E-state index in [1.54, 1.807) is 0 Å². The van der Waals surface area contributed by atoms with Crippen molar-refractivity contribution in [2.75, 3.05) is 13.2 Å². The lowest BCUT2D eigenvalue weighted by Gasteiger charge is -2.40. The van der Waals surface area contributed by atoms with E-state index < -0.39 is 67.3 Å². The highest BCUT2D eigenvalue weighted by Crippen LogP contribution is 2.26. The van der Waals surface area contributed by atoms with E-state index in [0.29, 0.717) is 19.3 Å². The molecule has 0 amide bonds. The number of aliphatic carboxylic acids is 1. The number of carboxylic acid groups (broad SMARTS) is 1. The summed E-state index contributed by atoms with van der Waals surface area (Å²) < 4.78 is 28.4. The van der Waals surface area contributed by atoms with Crippen LogP contribution in [0.3, 0.4) is 0 Å². The number of carbonyl (C=O) groups excluding carboxylic acids is 3. The molecule has 6 unspecified atom stereocenters. The van der Waals surface area contributed by atoms with Crippen LogP contribution in [0.2, 0.25) is 0 Å². The molecule has 1 heterocycles. The average Bonchev–Trinajstić information content (AvgIpc) is 3.53. The number of rotatable bonds is 51. The Kier molecular flexibility index (Phi) is 50.5. The Balaban J connectivity index is 2.74. The van der Waals surface area contributed by atoms with Crippen LogP contribution in [0.25, 0.3) is 0 Å². The molecule has 12 nitrogen and oxygen atoms in total. The van der Waals surface area contributed by atoms with Crippen molar-refractivity contribution in [3.63, 3.8) is 0 Å². The number of ether oxygens (including phenoxy) is 5. The van der Waals surface area contributed by atoms with Gasteiger partial charge in [-0.3, -0.25) is 14.4 Å². The van der Waals surface area contributed by atoms with Gasteiger partial charge in [0.05, 0.1) is 6.61 Å². The molecule has 1 aliphatic heterocycles. The van der Waals surface area contributed by atoms with Gasteiger partial charge in [0.15, 0.2) is 24.6 Å². The molecule has 0 aliphatic carbocycles. The number of aliphatic hydroxyl groups excluding tert-OH is 2. The van der Waals surface area contributed by atoms with E-state index in [4.69, 9.17) is 23.7 Å². The number of carboxylic acids is 1. The van der Waals surface area contributed by atoms with Crippen molar-refractivity contribution < 1.29 is 58.2 Å². The van der Waals surface area contributed by atoms with Crippen LogP contribution in [0.4, 0.5) is 0 Å². The Bertz CT molecular complexity index is 1920. The predicted molar refractivity (Wildman–Crippen MR) is 330 cm³/mol. The summed E-state index contributed by atoms with van der Waals surface area (Å²) >= 11 is 0. The maximum Gasteiger partial charge on any atom is 0.335 e. The summed E-state index contributed by atoms with van der Waals surface area (Å²) in [5, 5.41) is 31.6. The molecule has 0 aromatic carbocycles. The fourth-order valence-electron chi connectivity index (χ4n) is 8.50. The van der Waals surface area contributed by atoms with E-state index in [1.165, 1.54) is 19.3 Å². The first-order valence-corrected chi connectivity index (χ1v) is 31.2. The third-order valence-corrected chi connectivity index (χ3v) is 13.2. The van der Waals surface area contributed by atoms with Gasteiger partial charge in [0.25, 0.3) is 0 Å². The number of carbonyl (C=O) groups is 4. The second-order valence-electron chi connectivity index (χ2n) is 20.6. The van der Waals surface area contributed by atoms with E-state index in [2.05, 4.69) is 142 Å². The van der Waals surface area contributed by atoms with Crippen LogP contribution in [-0.2, 0) is 42.9 Å². The summed E-state index contributed by atoms with van der Waals surface area (Å²) in [6.45, 7) is 5.66. The normalized spacial score (nSPS) is 18.7. The molecular formula is C69H108O12. The lowest BCUT2D eigenvalue weighted by Crippen LogP contribution is -2.61. The summed E-state index contributed by atoms with van der Waals surface area (Å²) in [4.78, 5) is 51.2. The molecule has 1 rings (SSSR count). The SMILES string of the molecule is CC/C=C\C/C=C\C/C=C\C/C=C\C/C=C\C/C=C\CCC(=O)OCC(COC1OC(C(=O)O)C(O)C(O)C1OC(=O)CCCCCCCCC/C=C\C/C=C\CCCCC)OC(=O)CCCCCCC/C=C\C/C=C\C/C=C\CC. The molecule has 0 aromatic rings. The van der Waals surface area contributed by atoms with Crippen LogP contribution in [-0.4, -0.2) is 89.2 Å². The van der Waals surface area contributed by atoms with Gasteiger partial charge in [0.1, 0.15) is 18.8 Å². The molecule has 1 aliphatic rings. The molecular weight excluding hydrogens is 1020 g/mol. The lowest BCUT2D eigenvalue weighted by atomic mass is 9.98. The fraction of sp³-hybridized carbons (Fsp3) is 0.623. The van der Waals surface area contributed by atoms with Gasteiger partial charge < -0.3 is 39.0 Å². The first-order valence-electron chi connectivity index (χ1n) is 31.2. The quantitative estimate of drug-likeness (QED) is 0.0228. The molecule has 456 valence electrons. The minimum atomic E-state index is -1.93. The number of hydrogen-bond donors (Lipinski definition) is 3. The van der Waals surface area contributed by atoms with Crippen LogP contribution in [0, 0.1) is 0 Å². The number of unbranched alkanes of at least 4 members (excludes halogenated alkanes) is 15. The Morgan fingerprint density at radius 3 is 1.23 bits per heavy atom. The minimum Gasteiger partial charge on any atom is -0.479 e. The van der Waals surface area contributed by atoms with E-state index in [9.17, 15) is 34.5 Å². The summed E-state index contributed by atoms with van der Waals surface area (Å²) in [5.74, 6) is -3.28. The van der Waals surface area contributed by atoms with Gasteiger partial charge in [-0.1, -0.05) is 219 Å². The molecule has 1 saturated heterocycles. The van der Waals surface area contributed by atoms with Crippen molar-refractivity contribution in [2.24, 2.45) is 0 Å². The molecule has 1 fully saturated rings. The first kappa shape index (κ1) is 73.9. The standard InChI is InChI=1S/C69H108O12/c1-4-7-10-13-16-19-22-25-28-30-31-33-35-37-40-43-46-49-52-55-61(70)77-58-60(79-62(71)56-53-50-47-44-41-38-34-27-24-21-18-15-12-9-6-3)59-78-69-67(65(74)64(73)66(81-69)68(75)76)80-63(72)57-54-51-48-45-42-39-36-32-29-26-23-20-17-14-11-8-5-2/h7,9-10,12,16-21,25-29,31,33-34,37,40,46,49,60,64-67,69,73-74H,4-6,8,11,13-15,22-24,30,32,35-36,38-39,41-45,47-48,50-59H2,1-3H3,(H,75,76)/b10-7-,12-9-,19-16-,20-17-,21-18-,28-25-,29-26-,33-31-,34-27-,40-37-,49-46-. The maximum atomic E-state index is 13.2. The molecule has 12 heteroatoms. The average molecular weight is 1130 g/mol. The number of aliphatic hydroxyl groups is 2. The van der Waals surface area contributed by atoms with Crippen LogP contribution >= 0.6 is 0 Å². The van der Waals surface area contributed by atoms with E-state index in [-0.39, 0.29) is 25.9 Å². The van der Waals surface area contributed by atoms with Gasteiger partial charge in [0, 0.05) is 19.3 Å². The molecule has 81 heavy (non-hydrogen) atoms. The van der Waals surface area contributed by atoms with Crippen LogP contribution in [0.1, 0.15) is 226 Å². The Morgan fingerprint density at radius 1 is 0.420 bits per heavy atom. The molecule has 0 aromatic heterocycles. The maximum absolute atomic E-state index is 13.2. The number of esters is 3. The number of allylic oxidation sites excluding steroid dienone is 22. The topological polar surface area (TPSA) is 175 Å². The molecule has 0 spiro atoms. The zero-order chi connectivity index (χ0) is 58.9. The Labute approximate surface area is 490 Å². The van der Waals surface area contributed by atoms with Crippen LogP contribution in [0.15, 0.2) is 134 Å². The van der Waals surface area contributed by atoms with Gasteiger partial charge in [-0.15, -0.1) is 0 Å². The fourth-order valence-corrected chi connectivity index (χ4v) is 8.50. The molecule has 6 atom stereocenters. The third-order valence-electron chi connectivity index (χ3n) is 13.2. The highest BCUT2D eigenvalue weighted by Gasteiger charge is 2.50. The second kappa shape index (κ2) is 55.4. The predicted octanol–water partition coefficient (Wildman–Crippen LogP) is 16.6. The molecule has 0 radical (unpaired) electrons. The smallest absolute Gasteiger partial charge is 0.335 e. The highest BCUT2D eigenvalue weighted by atomic mass is 16.7. The van der Waals surface area contributed by atoms with Crippen molar-refractivity contribution >= 4 is 23.9 Å². The van der Waals surface area contributed by atoms with Crippen LogP contribution in [0.5, 0.6) is 0 Å². The summed E-state index contributed by atoms with van der Waals surface area (Å²) in [7, 11) is 0. The van der Waals surface area contributed by atoms with Crippen molar-refractivity contribution in [1.29, 1.82) is 0 Å². The Hall–Kier alpha value is -5.14. The van der Waals surface area contributed by atoms with Gasteiger partial charge >= 0.3 is 23.9 Å². The monoisotopic (exact) mass is 1130 g/mol. The lowest BCUT2D eigenvalue weighted by molar-refractivity contribution is -0.301. The van der Waals surface area contributed by atoms with Gasteiger partial charge in [-0.2, -0.15) is 0 Å². The Morgan fingerprint density at radius 2 is 0.802 bits per heavy atom. The summed E-state index contributed by atoms with van der Waals surface area (Å²) in [5.41, 5.74) is 0. The molecule has 0 bridgehead atoms. The van der Waals surface area contributed by atoms with Crippen molar-refractivity contribution in [2.45, 2.75) is 263 Å². The van der Waals surface area contributed by atoms with Gasteiger partial charge in [-0.25, -0.2) is 4.79 Å². The van der Waals surface area contributed by atoms with E-state index >= 15 is 0 Å². The summed E-state index contributed by atoms with van der Waals surface area (Å²) in [6.07, 6.45) is 65.6. The zero-order valence-electron chi connectivity index (χ0n) is 50.2. The molecule has 0 saturated carbocycles. The van der Waals surface area contributed by atoms with Crippen molar-refractivity contribution in [1.82, 2.24) is 0 Å².